The molecule has 1 aliphatic rings. The molecule has 0 aliphatic carbocycles. The van der Waals surface area contributed by atoms with E-state index in [1.54, 1.807) is 19.1 Å². The average Bonchev–Trinajstić information content (AvgIpc) is 3.45. The van der Waals surface area contributed by atoms with Crippen molar-refractivity contribution in [3.63, 3.8) is 0 Å². The van der Waals surface area contributed by atoms with E-state index < -0.39 is 6.10 Å². The number of ether oxygens (including phenoxy) is 1. The van der Waals surface area contributed by atoms with Gasteiger partial charge in [0.15, 0.2) is 5.76 Å². The fraction of sp³-hybridized carbons (Fsp3) is 0.385. The second-order valence-corrected chi connectivity index (χ2v) is 8.95. The van der Waals surface area contributed by atoms with Crippen LogP contribution >= 0.6 is 0 Å². The highest BCUT2D eigenvalue weighted by Gasteiger charge is 2.24. The Balaban J connectivity index is 1.16. The Labute approximate surface area is 197 Å². The van der Waals surface area contributed by atoms with Gasteiger partial charge in [-0.1, -0.05) is 12.1 Å². The number of hydrogen-bond acceptors (Lipinski definition) is 7. The van der Waals surface area contributed by atoms with E-state index >= 15 is 0 Å². The lowest BCUT2D eigenvalue weighted by molar-refractivity contribution is 0.0599. The minimum Gasteiger partial charge on any atom is -0.490 e. The molecule has 3 heterocycles. The van der Waals surface area contributed by atoms with Gasteiger partial charge in [0.25, 0.3) is 5.89 Å². The third kappa shape index (κ3) is 4.83. The number of nitrogens with zero attached hydrogens (tertiary/aromatic N) is 3. The van der Waals surface area contributed by atoms with Gasteiger partial charge in [-0.25, -0.2) is 4.39 Å². The molecule has 0 radical (unpaired) electrons. The Morgan fingerprint density at radius 3 is 2.68 bits per heavy atom. The van der Waals surface area contributed by atoms with Gasteiger partial charge in [-0.2, -0.15) is 0 Å². The summed E-state index contributed by atoms with van der Waals surface area (Å²) in [7, 11) is 0. The molecule has 2 aromatic carbocycles. The molecule has 8 heteroatoms. The molecule has 1 N–H and O–H groups in total. The molecule has 1 fully saturated rings. The molecule has 7 nitrogen and oxygen atoms in total. The van der Waals surface area contributed by atoms with E-state index in [1.165, 1.54) is 5.56 Å². The molecule has 0 bridgehead atoms. The van der Waals surface area contributed by atoms with Crippen molar-refractivity contribution in [1.29, 1.82) is 0 Å². The number of hydrogen-bond donors (Lipinski definition) is 1. The van der Waals surface area contributed by atoms with Crippen molar-refractivity contribution in [3.05, 3.63) is 65.3 Å². The number of aromatic nitrogens is 2. The zero-order valence-electron chi connectivity index (χ0n) is 19.3. The fourth-order valence-corrected chi connectivity index (χ4v) is 4.72. The van der Waals surface area contributed by atoms with Crippen LogP contribution in [0.4, 0.5) is 4.39 Å². The van der Waals surface area contributed by atoms with E-state index in [9.17, 15) is 9.50 Å². The molecular weight excluding hydrogens is 437 g/mol. The topological polar surface area (TPSA) is 84.8 Å². The van der Waals surface area contributed by atoms with Crippen LogP contribution in [0.25, 0.3) is 22.6 Å². The van der Waals surface area contributed by atoms with Crippen LogP contribution in [-0.4, -0.2) is 52.5 Å². The summed E-state index contributed by atoms with van der Waals surface area (Å²) in [5, 5.41) is 19.2. The molecule has 178 valence electrons. The Kier molecular flexibility index (Phi) is 6.34. The normalized spacial score (nSPS) is 16.2. The molecule has 4 aromatic rings. The van der Waals surface area contributed by atoms with Crippen molar-refractivity contribution >= 4 is 11.0 Å². The third-order valence-corrected chi connectivity index (χ3v) is 6.42. The van der Waals surface area contributed by atoms with Crippen molar-refractivity contribution in [2.45, 2.75) is 38.7 Å². The number of likely N-dealkylation sites (tertiary alicyclic amines) is 1. The zero-order valence-corrected chi connectivity index (χ0v) is 19.3. The van der Waals surface area contributed by atoms with Crippen LogP contribution in [0.5, 0.6) is 5.75 Å². The lowest BCUT2D eigenvalue weighted by Gasteiger charge is -2.33. The number of aliphatic hydroxyl groups is 1. The maximum absolute atomic E-state index is 13.4. The van der Waals surface area contributed by atoms with E-state index in [1.807, 2.05) is 37.3 Å². The monoisotopic (exact) mass is 465 g/mol. The van der Waals surface area contributed by atoms with Gasteiger partial charge < -0.3 is 23.6 Å². The number of β-amino-alcohol motifs (C(OH)–C–C–N with tert-alkyl or cyclic N) is 1. The summed E-state index contributed by atoms with van der Waals surface area (Å²) in [5.41, 5.74) is 2.89. The SMILES string of the molecule is Cc1nnc(-c2cc3c(OCC(O)CN4CCC(c5ccc(F)cc5C)CC4)cccc3o2)o1. The lowest BCUT2D eigenvalue weighted by Crippen LogP contribution is -2.40. The first kappa shape index (κ1) is 22.6. The molecule has 5 rings (SSSR count). The molecule has 34 heavy (non-hydrogen) atoms. The predicted octanol–water partition coefficient (Wildman–Crippen LogP) is 4.86. The summed E-state index contributed by atoms with van der Waals surface area (Å²) in [6.07, 6.45) is 1.36. The van der Waals surface area contributed by atoms with Gasteiger partial charge in [-0.05, 0) is 74.2 Å². The Morgan fingerprint density at radius 1 is 1.12 bits per heavy atom. The summed E-state index contributed by atoms with van der Waals surface area (Å²) in [6.45, 7) is 6.20. The number of halogens is 1. The van der Waals surface area contributed by atoms with Crippen molar-refractivity contribution in [2.75, 3.05) is 26.2 Å². The molecule has 2 aromatic heterocycles. The van der Waals surface area contributed by atoms with Gasteiger partial charge in [0.05, 0.1) is 5.39 Å². The predicted molar refractivity (Wildman–Crippen MR) is 125 cm³/mol. The first-order valence-corrected chi connectivity index (χ1v) is 11.6. The van der Waals surface area contributed by atoms with Gasteiger partial charge in [0.2, 0.25) is 5.89 Å². The summed E-state index contributed by atoms with van der Waals surface area (Å²) in [4.78, 5) is 2.26. The maximum Gasteiger partial charge on any atom is 0.283 e. The second-order valence-electron chi connectivity index (χ2n) is 8.95. The number of aryl methyl sites for hydroxylation is 2. The van der Waals surface area contributed by atoms with Crippen LogP contribution in [-0.2, 0) is 0 Å². The van der Waals surface area contributed by atoms with Crippen molar-refractivity contribution in [2.24, 2.45) is 0 Å². The largest absolute Gasteiger partial charge is 0.490 e. The number of rotatable bonds is 7. The highest BCUT2D eigenvalue weighted by atomic mass is 19.1. The quantitative estimate of drug-likeness (QED) is 0.417. The van der Waals surface area contributed by atoms with Gasteiger partial charge >= 0.3 is 0 Å². The first-order valence-electron chi connectivity index (χ1n) is 11.6. The van der Waals surface area contributed by atoms with Crippen molar-refractivity contribution < 1.29 is 23.1 Å². The summed E-state index contributed by atoms with van der Waals surface area (Å²) >= 11 is 0. The van der Waals surface area contributed by atoms with E-state index in [4.69, 9.17) is 13.6 Å². The average molecular weight is 466 g/mol. The van der Waals surface area contributed by atoms with Crippen LogP contribution in [0.15, 0.2) is 51.3 Å². The van der Waals surface area contributed by atoms with Crippen LogP contribution in [0.3, 0.4) is 0 Å². The Morgan fingerprint density at radius 2 is 1.94 bits per heavy atom. The van der Waals surface area contributed by atoms with Crippen LogP contribution in [0.1, 0.15) is 35.8 Å². The Bertz CT molecular complexity index is 1280. The first-order chi connectivity index (χ1) is 16.5. The van der Waals surface area contributed by atoms with E-state index in [2.05, 4.69) is 15.1 Å². The fourth-order valence-electron chi connectivity index (χ4n) is 4.72. The lowest BCUT2D eigenvalue weighted by atomic mass is 9.87. The van der Waals surface area contributed by atoms with Crippen LogP contribution in [0, 0.1) is 19.7 Å². The van der Waals surface area contributed by atoms with Crippen molar-refractivity contribution in [1.82, 2.24) is 15.1 Å². The number of fused-ring (bicyclic) bond motifs is 1. The summed E-state index contributed by atoms with van der Waals surface area (Å²) < 4.78 is 30.7. The number of benzene rings is 2. The van der Waals surface area contributed by atoms with E-state index in [0.717, 1.165) is 36.9 Å². The number of piperidine rings is 1. The maximum atomic E-state index is 13.4. The number of furan rings is 1. The zero-order chi connectivity index (χ0) is 23.7. The molecule has 0 saturated carbocycles. The summed E-state index contributed by atoms with van der Waals surface area (Å²) in [6, 6.07) is 12.4. The molecule has 0 spiro atoms. The highest BCUT2D eigenvalue weighted by molar-refractivity contribution is 5.87. The van der Waals surface area contributed by atoms with Gasteiger partial charge in [-0.3, -0.25) is 0 Å². The van der Waals surface area contributed by atoms with Crippen molar-refractivity contribution in [3.8, 4) is 17.4 Å². The van der Waals surface area contributed by atoms with Crippen LogP contribution < -0.4 is 4.74 Å². The van der Waals surface area contributed by atoms with Gasteiger partial charge in [0.1, 0.15) is 29.9 Å². The molecule has 0 amide bonds. The Hall–Kier alpha value is -3.23. The molecule has 1 saturated heterocycles. The van der Waals surface area contributed by atoms with E-state index in [-0.39, 0.29) is 12.4 Å². The molecular formula is C26H28FN3O4. The third-order valence-electron chi connectivity index (χ3n) is 6.42. The minimum absolute atomic E-state index is 0.177. The molecule has 1 atom stereocenters. The van der Waals surface area contributed by atoms with E-state index in [0.29, 0.717) is 41.3 Å². The molecule has 1 aliphatic heterocycles. The van der Waals surface area contributed by atoms with Gasteiger partial charge in [-0.15, -0.1) is 10.2 Å². The minimum atomic E-state index is -0.621. The smallest absolute Gasteiger partial charge is 0.283 e. The highest BCUT2D eigenvalue weighted by Crippen LogP contribution is 2.33. The second kappa shape index (κ2) is 9.56. The molecule has 1 unspecified atom stereocenters. The standard InChI is InChI=1S/C26H28FN3O4/c1-16-12-19(27)6-7-21(16)18-8-10-30(11-9-18)14-20(31)15-32-23-4-3-5-24-22(23)13-25(34-24)26-29-28-17(2)33-26/h3-7,12-13,18,20,31H,8-11,14-15H2,1-2H3. The van der Waals surface area contributed by atoms with Crippen LogP contribution in [0.2, 0.25) is 0 Å². The number of aliphatic hydroxyl groups excluding tert-OH is 1. The summed E-state index contributed by atoms with van der Waals surface area (Å²) in [5.74, 6) is 2.14. The van der Waals surface area contributed by atoms with Gasteiger partial charge in [0, 0.05) is 19.5 Å².